The van der Waals surface area contributed by atoms with Gasteiger partial charge in [-0.15, -0.1) is 34.4 Å². The normalized spacial score (nSPS) is 12.2. The van der Waals surface area contributed by atoms with Crippen LogP contribution in [0.3, 0.4) is 0 Å². The van der Waals surface area contributed by atoms with Gasteiger partial charge in [0.2, 0.25) is 0 Å². The Morgan fingerprint density at radius 3 is 1.65 bits per heavy atom. The van der Waals surface area contributed by atoms with Gasteiger partial charge in [0.05, 0.1) is 20.4 Å². The zero-order valence-corrected chi connectivity index (χ0v) is 14.5. The Hall–Kier alpha value is -1.95. The first-order valence-corrected chi connectivity index (χ1v) is 9.66. The van der Waals surface area contributed by atoms with E-state index in [-0.39, 0.29) is 0 Å². The highest BCUT2D eigenvalue weighted by atomic mass is 32.2. The first-order chi connectivity index (χ1) is 11.4. The van der Waals surface area contributed by atoms with Gasteiger partial charge in [-0.3, -0.25) is 0 Å². The lowest BCUT2D eigenvalue weighted by Gasteiger charge is -1.83. The van der Waals surface area contributed by atoms with E-state index in [1.807, 2.05) is 36.4 Å². The van der Waals surface area contributed by atoms with Crippen LogP contribution in [-0.2, 0) is 0 Å². The zero-order valence-electron chi connectivity index (χ0n) is 12.0. The van der Waals surface area contributed by atoms with Crippen molar-refractivity contribution in [2.45, 2.75) is 0 Å². The number of rotatable bonds is 4. The van der Waals surface area contributed by atoms with Crippen molar-refractivity contribution >= 4 is 67.0 Å². The Morgan fingerprint density at radius 1 is 0.696 bits per heavy atom. The molecule has 0 saturated heterocycles. The Balaban J connectivity index is 1.42. The van der Waals surface area contributed by atoms with E-state index in [2.05, 4.69) is 45.1 Å². The van der Waals surface area contributed by atoms with Gasteiger partial charge in [-0.05, 0) is 47.2 Å². The summed E-state index contributed by atoms with van der Waals surface area (Å²) in [5, 5.41) is 6.18. The van der Waals surface area contributed by atoms with Crippen LogP contribution in [0.4, 0.5) is 0 Å². The molecule has 0 spiro atoms. The Morgan fingerprint density at radius 2 is 1.17 bits per heavy atom. The summed E-state index contributed by atoms with van der Waals surface area (Å²) in [5.41, 5.74) is 2.12. The van der Waals surface area contributed by atoms with Gasteiger partial charge in [0.15, 0.2) is 0 Å². The number of nitrogens with zero attached hydrogens (tertiary/aromatic N) is 2. The van der Waals surface area contributed by atoms with E-state index in [9.17, 15) is 0 Å². The van der Waals surface area contributed by atoms with Crippen LogP contribution in [0.25, 0.3) is 32.6 Å². The zero-order chi connectivity index (χ0) is 15.5. The van der Waals surface area contributed by atoms with Gasteiger partial charge in [0.1, 0.15) is 10.0 Å². The van der Waals surface area contributed by atoms with Crippen LogP contribution in [0, 0.1) is 0 Å². The van der Waals surface area contributed by atoms with E-state index in [1.54, 1.807) is 34.4 Å². The molecule has 0 radical (unpaired) electrons. The van der Waals surface area contributed by atoms with E-state index in [4.69, 9.17) is 0 Å². The topological polar surface area (TPSA) is 25.8 Å². The minimum Gasteiger partial charge on any atom is -0.237 e. The van der Waals surface area contributed by atoms with Crippen molar-refractivity contribution in [2.75, 3.05) is 0 Å². The lowest BCUT2D eigenvalue weighted by molar-refractivity contribution is 1.46. The van der Waals surface area contributed by atoms with Crippen LogP contribution in [0.15, 0.2) is 59.3 Å². The van der Waals surface area contributed by atoms with E-state index >= 15 is 0 Å². The summed E-state index contributed by atoms with van der Waals surface area (Å²) in [6, 6.07) is 16.4. The van der Waals surface area contributed by atoms with Crippen molar-refractivity contribution in [1.82, 2.24) is 9.97 Å². The molecule has 0 unspecified atom stereocenters. The Bertz CT molecular complexity index is 863. The maximum absolute atomic E-state index is 4.58. The molecule has 2 aromatic carbocycles. The van der Waals surface area contributed by atoms with Gasteiger partial charge < -0.3 is 0 Å². The van der Waals surface area contributed by atoms with Crippen LogP contribution in [0.1, 0.15) is 10.0 Å². The lowest BCUT2D eigenvalue weighted by atomic mass is 10.3. The molecule has 2 heterocycles. The second-order valence-corrected chi connectivity index (χ2v) is 7.72. The molecule has 2 aromatic heterocycles. The fraction of sp³-hybridized carbons (Fsp3) is 0. The average molecular weight is 353 g/mol. The molecule has 0 saturated carbocycles. The summed E-state index contributed by atoms with van der Waals surface area (Å²) >= 11 is 5.05. The third-order valence-corrected chi connectivity index (χ3v) is 5.79. The second kappa shape index (κ2) is 6.66. The van der Waals surface area contributed by atoms with E-state index in [0.717, 1.165) is 21.0 Å². The average Bonchev–Trinajstić information content (AvgIpc) is 3.17. The Kier molecular flexibility index (Phi) is 4.24. The minimum absolute atomic E-state index is 1.03. The predicted molar refractivity (Wildman–Crippen MR) is 105 cm³/mol. The van der Waals surface area contributed by atoms with Gasteiger partial charge in [-0.25, -0.2) is 9.97 Å². The van der Waals surface area contributed by atoms with Gasteiger partial charge in [-0.1, -0.05) is 24.3 Å². The molecule has 0 bridgehead atoms. The highest BCUT2D eigenvalue weighted by molar-refractivity contribution is 8.05. The highest BCUT2D eigenvalue weighted by Crippen LogP contribution is 2.25. The molecule has 23 heavy (non-hydrogen) atoms. The monoisotopic (exact) mass is 352 g/mol. The quantitative estimate of drug-likeness (QED) is 0.432. The maximum atomic E-state index is 4.58. The fourth-order valence-corrected chi connectivity index (χ4v) is 4.58. The summed E-state index contributed by atoms with van der Waals surface area (Å²) < 4.78 is 2.45. The fourth-order valence-electron chi connectivity index (χ4n) is 2.16. The molecule has 0 aliphatic rings. The standard InChI is InChI=1S/C18H12N2S3/c1-3-7-15-13(5-1)19-17(22-15)9-11-21-12-10-18-20-14-6-2-4-8-16(14)23-18/h1-12H. The van der Waals surface area contributed by atoms with Gasteiger partial charge in [-0.2, -0.15) is 0 Å². The van der Waals surface area contributed by atoms with Crippen LogP contribution >= 0.6 is 34.4 Å². The number of fused-ring (bicyclic) bond motifs is 2. The van der Waals surface area contributed by atoms with Crippen molar-refractivity contribution in [2.24, 2.45) is 0 Å². The minimum atomic E-state index is 1.03. The van der Waals surface area contributed by atoms with Crippen molar-refractivity contribution in [3.63, 3.8) is 0 Å². The van der Waals surface area contributed by atoms with Crippen molar-refractivity contribution in [3.05, 3.63) is 69.4 Å². The molecular formula is C18H12N2S3. The number of hydrogen-bond donors (Lipinski definition) is 0. The first kappa shape index (κ1) is 14.6. The summed E-state index contributed by atoms with van der Waals surface area (Å²) in [4.78, 5) is 9.16. The van der Waals surface area contributed by atoms with Crippen molar-refractivity contribution in [1.29, 1.82) is 0 Å². The summed E-state index contributed by atoms with van der Waals surface area (Å²) in [6.07, 6.45) is 4.11. The number of thioether (sulfide) groups is 1. The molecule has 0 amide bonds. The summed E-state index contributed by atoms with van der Waals surface area (Å²) in [5.74, 6) is 0. The van der Waals surface area contributed by atoms with E-state index in [1.165, 1.54) is 9.40 Å². The number of benzene rings is 2. The molecule has 0 aliphatic carbocycles. The second-order valence-electron chi connectivity index (χ2n) is 4.78. The van der Waals surface area contributed by atoms with Crippen molar-refractivity contribution in [3.8, 4) is 0 Å². The molecule has 0 atom stereocenters. The molecule has 4 rings (SSSR count). The van der Waals surface area contributed by atoms with Crippen LogP contribution in [-0.4, -0.2) is 9.97 Å². The van der Waals surface area contributed by atoms with Crippen LogP contribution in [0.5, 0.6) is 0 Å². The largest absolute Gasteiger partial charge is 0.237 e. The molecule has 0 N–H and O–H groups in total. The smallest absolute Gasteiger partial charge is 0.117 e. The molecule has 112 valence electrons. The van der Waals surface area contributed by atoms with Crippen molar-refractivity contribution < 1.29 is 0 Å². The molecule has 5 heteroatoms. The van der Waals surface area contributed by atoms with Crippen LogP contribution in [0.2, 0.25) is 0 Å². The number of hydrogen-bond acceptors (Lipinski definition) is 5. The third-order valence-electron chi connectivity index (χ3n) is 3.20. The van der Waals surface area contributed by atoms with E-state index < -0.39 is 0 Å². The molecule has 0 aliphatic heterocycles. The molecular weight excluding hydrogens is 340 g/mol. The van der Waals surface area contributed by atoms with Crippen LogP contribution < -0.4 is 0 Å². The maximum Gasteiger partial charge on any atom is 0.117 e. The molecule has 4 aromatic rings. The van der Waals surface area contributed by atoms with Gasteiger partial charge in [0.25, 0.3) is 0 Å². The summed E-state index contributed by atoms with van der Waals surface area (Å²) in [7, 11) is 0. The molecule has 2 nitrogen and oxygen atoms in total. The highest BCUT2D eigenvalue weighted by Gasteiger charge is 2.00. The first-order valence-electron chi connectivity index (χ1n) is 7.08. The number of thiazole rings is 2. The Labute approximate surface area is 146 Å². The third kappa shape index (κ3) is 3.37. The lowest BCUT2D eigenvalue weighted by Crippen LogP contribution is -1.67. The predicted octanol–water partition coefficient (Wildman–Crippen LogP) is 6.28. The number of para-hydroxylation sites is 2. The molecule has 0 fully saturated rings. The summed E-state index contributed by atoms with van der Waals surface area (Å²) in [6.45, 7) is 0. The number of aromatic nitrogens is 2. The van der Waals surface area contributed by atoms with Gasteiger partial charge in [0, 0.05) is 0 Å². The van der Waals surface area contributed by atoms with Gasteiger partial charge >= 0.3 is 0 Å². The van der Waals surface area contributed by atoms with E-state index in [0.29, 0.717) is 0 Å². The SMILES string of the molecule is C(=Cc1nc2ccccc2s1)SC=Cc1nc2ccccc2s1.